The molecule has 0 radical (unpaired) electrons. The number of halogens is 1. The first-order valence-electron chi connectivity index (χ1n) is 5.64. The van der Waals surface area contributed by atoms with Crippen molar-refractivity contribution in [3.63, 3.8) is 0 Å². The molecule has 0 fully saturated rings. The van der Waals surface area contributed by atoms with E-state index in [0.717, 1.165) is 11.4 Å². The summed E-state index contributed by atoms with van der Waals surface area (Å²) >= 11 is 5.93. The molecule has 0 bridgehead atoms. The lowest BCUT2D eigenvalue weighted by atomic mass is 10.3. The zero-order valence-corrected chi connectivity index (χ0v) is 11.4. The first kappa shape index (κ1) is 13.6. The Labute approximate surface area is 116 Å². The lowest BCUT2D eigenvalue weighted by molar-refractivity contribution is 0.178. The van der Waals surface area contributed by atoms with Crippen molar-refractivity contribution >= 4 is 23.1 Å². The number of anilines is 2. The van der Waals surface area contributed by atoms with Gasteiger partial charge in [0, 0.05) is 18.9 Å². The third-order valence-electron chi connectivity index (χ3n) is 2.38. The number of methoxy groups -OCH3 is 2. The number of hydrogen-bond donors (Lipinski definition) is 1. The molecule has 1 heterocycles. The van der Waals surface area contributed by atoms with Gasteiger partial charge in [-0.25, -0.2) is 9.97 Å². The molecule has 1 aromatic carbocycles. The molecule has 0 spiro atoms. The molecule has 1 aromatic heterocycles. The summed E-state index contributed by atoms with van der Waals surface area (Å²) in [6.07, 6.45) is 0. The van der Waals surface area contributed by atoms with E-state index in [-0.39, 0.29) is 0 Å². The normalized spacial score (nSPS) is 10.3. The van der Waals surface area contributed by atoms with Crippen LogP contribution in [0.25, 0.3) is 0 Å². The fourth-order valence-corrected chi connectivity index (χ4v) is 1.75. The number of aromatic nitrogens is 2. The van der Waals surface area contributed by atoms with Gasteiger partial charge in [-0.2, -0.15) is 0 Å². The summed E-state index contributed by atoms with van der Waals surface area (Å²) in [5, 5.41) is 3.52. The van der Waals surface area contributed by atoms with Crippen LogP contribution in [-0.2, 0) is 11.3 Å². The average molecular weight is 280 g/mol. The highest BCUT2D eigenvalue weighted by Crippen LogP contribution is 2.20. The van der Waals surface area contributed by atoms with E-state index in [4.69, 9.17) is 21.1 Å². The van der Waals surface area contributed by atoms with Crippen molar-refractivity contribution in [1.82, 2.24) is 9.97 Å². The Morgan fingerprint density at radius 2 is 1.89 bits per heavy atom. The van der Waals surface area contributed by atoms with E-state index in [2.05, 4.69) is 15.3 Å². The summed E-state index contributed by atoms with van der Waals surface area (Å²) in [4.78, 5) is 8.36. The second kappa shape index (κ2) is 6.36. The van der Waals surface area contributed by atoms with Gasteiger partial charge in [-0.05, 0) is 24.3 Å². The van der Waals surface area contributed by atoms with Gasteiger partial charge in [0.1, 0.15) is 23.3 Å². The van der Waals surface area contributed by atoms with Crippen LogP contribution in [0.1, 0.15) is 5.82 Å². The standard InChI is InChI=1S/C13H14ClN3O2/c1-18-8-13-16-11(14)7-12(17-13)15-9-3-5-10(19-2)6-4-9/h3-7H,8H2,1-2H3,(H,15,16,17). The zero-order valence-electron chi connectivity index (χ0n) is 10.7. The van der Waals surface area contributed by atoms with Gasteiger partial charge in [0.05, 0.1) is 7.11 Å². The summed E-state index contributed by atoms with van der Waals surface area (Å²) < 4.78 is 10.1. The summed E-state index contributed by atoms with van der Waals surface area (Å²) in [6, 6.07) is 9.17. The molecule has 0 aliphatic heterocycles. The molecule has 0 aliphatic carbocycles. The smallest absolute Gasteiger partial charge is 0.158 e. The second-order valence-corrected chi connectivity index (χ2v) is 4.17. The van der Waals surface area contributed by atoms with Crippen LogP contribution in [0.4, 0.5) is 11.5 Å². The first-order chi connectivity index (χ1) is 9.21. The minimum absolute atomic E-state index is 0.317. The van der Waals surface area contributed by atoms with Crippen molar-refractivity contribution < 1.29 is 9.47 Å². The number of hydrogen-bond acceptors (Lipinski definition) is 5. The van der Waals surface area contributed by atoms with Gasteiger partial charge in [-0.15, -0.1) is 0 Å². The molecule has 2 aromatic rings. The minimum Gasteiger partial charge on any atom is -0.497 e. The zero-order chi connectivity index (χ0) is 13.7. The van der Waals surface area contributed by atoms with Crippen LogP contribution < -0.4 is 10.1 Å². The largest absolute Gasteiger partial charge is 0.497 e. The Bertz CT molecular complexity index is 546. The molecule has 5 nitrogen and oxygen atoms in total. The minimum atomic E-state index is 0.317. The van der Waals surface area contributed by atoms with E-state index in [1.807, 2.05) is 24.3 Å². The number of rotatable bonds is 5. The topological polar surface area (TPSA) is 56.3 Å². The van der Waals surface area contributed by atoms with Crippen LogP contribution in [0.15, 0.2) is 30.3 Å². The van der Waals surface area contributed by atoms with Crippen LogP contribution in [0, 0.1) is 0 Å². The maximum Gasteiger partial charge on any atom is 0.158 e. The molecule has 19 heavy (non-hydrogen) atoms. The van der Waals surface area contributed by atoms with Crippen molar-refractivity contribution in [2.24, 2.45) is 0 Å². The SMILES string of the molecule is COCc1nc(Cl)cc(Nc2ccc(OC)cc2)n1. The quantitative estimate of drug-likeness (QED) is 0.853. The summed E-state index contributed by atoms with van der Waals surface area (Å²) in [5.41, 5.74) is 0.888. The van der Waals surface area contributed by atoms with E-state index < -0.39 is 0 Å². The molecule has 0 atom stereocenters. The number of ether oxygens (including phenoxy) is 2. The van der Waals surface area contributed by atoms with Crippen molar-refractivity contribution in [1.29, 1.82) is 0 Å². The molecule has 0 saturated heterocycles. The van der Waals surface area contributed by atoms with Crippen molar-refractivity contribution in [3.8, 4) is 5.75 Å². The molecule has 6 heteroatoms. The summed E-state index contributed by atoms with van der Waals surface area (Å²) in [5.74, 6) is 1.95. The van der Waals surface area contributed by atoms with E-state index in [0.29, 0.717) is 23.4 Å². The first-order valence-corrected chi connectivity index (χ1v) is 6.02. The number of benzene rings is 1. The third-order valence-corrected chi connectivity index (χ3v) is 2.57. The Morgan fingerprint density at radius 3 is 2.53 bits per heavy atom. The maximum absolute atomic E-state index is 5.93. The fourth-order valence-electron chi connectivity index (χ4n) is 1.54. The van der Waals surface area contributed by atoms with E-state index in [9.17, 15) is 0 Å². The Morgan fingerprint density at radius 1 is 1.16 bits per heavy atom. The molecule has 0 unspecified atom stereocenters. The summed E-state index contributed by atoms with van der Waals surface area (Å²) in [7, 11) is 3.21. The van der Waals surface area contributed by atoms with E-state index in [1.165, 1.54) is 0 Å². The van der Waals surface area contributed by atoms with Crippen molar-refractivity contribution in [2.75, 3.05) is 19.5 Å². The van der Waals surface area contributed by atoms with E-state index >= 15 is 0 Å². The van der Waals surface area contributed by atoms with Crippen LogP contribution in [0.2, 0.25) is 5.15 Å². The Hall–Kier alpha value is -1.85. The predicted octanol–water partition coefficient (Wildman–Crippen LogP) is 3.03. The molecule has 2 rings (SSSR count). The Balaban J connectivity index is 2.17. The van der Waals surface area contributed by atoms with Gasteiger partial charge in [-0.1, -0.05) is 11.6 Å². The van der Waals surface area contributed by atoms with Crippen LogP contribution in [0.3, 0.4) is 0 Å². The van der Waals surface area contributed by atoms with Gasteiger partial charge in [0.25, 0.3) is 0 Å². The van der Waals surface area contributed by atoms with Crippen molar-refractivity contribution in [3.05, 3.63) is 41.3 Å². The molecule has 0 amide bonds. The van der Waals surface area contributed by atoms with Gasteiger partial charge >= 0.3 is 0 Å². The molecule has 1 N–H and O–H groups in total. The highest BCUT2D eigenvalue weighted by molar-refractivity contribution is 6.29. The van der Waals surface area contributed by atoms with Crippen LogP contribution in [0.5, 0.6) is 5.75 Å². The fraction of sp³-hybridized carbons (Fsp3) is 0.231. The number of nitrogens with zero attached hydrogens (tertiary/aromatic N) is 2. The number of nitrogens with one attached hydrogen (secondary N) is 1. The molecule has 100 valence electrons. The van der Waals surface area contributed by atoms with Crippen LogP contribution >= 0.6 is 11.6 Å². The van der Waals surface area contributed by atoms with Gasteiger partial charge in [0.2, 0.25) is 0 Å². The lowest BCUT2D eigenvalue weighted by Crippen LogP contribution is -2.01. The van der Waals surface area contributed by atoms with Gasteiger partial charge < -0.3 is 14.8 Å². The van der Waals surface area contributed by atoms with Gasteiger partial charge in [0.15, 0.2) is 5.82 Å². The molecular weight excluding hydrogens is 266 g/mol. The van der Waals surface area contributed by atoms with Crippen molar-refractivity contribution in [2.45, 2.75) is 6.61 Å². The molecule has 0 saturated carbocycles. The average Bonchev–Trinajstić information content (AvgIpc) is 2.39. The third kappa shape index (κ3) is 3.81. The highest BCUT2D eigenvalue weighted by atomic mass is 35.5. The summed E-state index contributed by atoms with van der Waals surface area (Å²) in [6.45, 7) is 0.317. The molecular formula is C13H14ClN3O2. The molecule has 0 aliphatic rings. The Kier molecular flexibility index (Phi) is 4.54. The highest BCUT2D eigenvalue weighted by Gasteiger charge is 2.04. The monoisotopic (exact) mass is 279 g/mol. The predicted molar refractivity (Wildman–Crippen MR) is 74.0 cm³/mol. The van der Waals surface area contributed by atoms with Gasteiger partial charge in [-0.3, -0.25) is 0 Å². The van der Waals surface area contributed by atoms with Crippen LogP contribution in [-0.4, -0.2) is 24.2 Å². The second-order valence-electron chi connectivity index (χ2n) is 3.78. The lowest BCUT2D eigenvalue weighted by Gasteiger charge is -2.08. The maximum atomic E-state index is 5.93. The van der Waals surface area contributed by atoms with E-state index in [1.54, 1.807) is 20.3 Å².